The van der Waals surface area contributed by atoms with Crippen LogP contribution in [0.5, 0.6) is 0 Å². The van der Waals surface area contributed by atoms with Crippen molar-refractivity contribution >= 4 is 33.0 Å². The Morgan fingerprint density at radius 3 is 0.611 bits per heavy atom. The summed E-state index contributed by atoms with van der Waals surface area (Å²) in [5, 5.41) is 0. The third kappa shape index (κ3) is 1680. The fourth-order valence-electron chi connectivity index (χ4n) is 0. The first kappa shape index (κ1) is 36.7. The molecule has 0 aliphatic carbocycles. The van der Waals surface area contributed by atoms with Crippen LogP contribution < -0.4 is 56.3 Å². The van der Waals surface area contributed by atoms with Gasteiger partial charge in [-0.05, 0) is 4.57 Å². The van der Waals surface area contributed by atoms with Crippen molar-refractivity contribution in [3.8, 4) is 0 Å². The minimum absolute atomic E-state index is 0. The average molecular weight is 378 g/mol. The second-order valence-electron chi connectivity index (χ2n) is 0.996. The molecule has 0 amide bonds. The summed E-state index contributed by atoms with van der Waals surface area (Å²) in [5.41, 5.74) is 0. The van der Waals surface area contributed by atoms with Gasteiger partial charge in [-0.15, -0.1) is 29.4 Å². The van der Waals surface area contributed by atoms with Gasteiger partial charge in [-0.25, -0.2) is 0 Å². The van der Waals surface area contributed by atoms with Gasteiger partial charge >= 0.3 is 84.4 Å². The third-order valence-electron chi connectivity index (χ3n) is 0. The second kappa shape index (κ2) is 31.2. The Hall–Kier alpha value is 1.72. The predicted octanol–water partition coefficient (Wildman–Crippen LogP) is -4.48. The molecule has 0 aromatic rings. The van der Waals surface area contributed by atoms with Crippen LogP contribution >= 0.6 is 33.0 Å². The van der Waals surface area contributed by atoms with E-state index >= 15 is 0 Å². The molecule has 0 aromatic carbocycles. The van der Waals surface area contributed by atoms with Crippen LogP contribution in [-0.4, -0.2) is 34.3 Å². The van der Waals surface area contributed by atoms with Crippen LogP contribution in [0.25, 0.3) is 0 Å². The van der Waals surface area contributed by atoms with Gasteiger partial charge in [0.1, 0.15) is 0 Å². The Labute approximate surface area is 148 Å². The number of hydrogen-bond acceptors (Lipinski definition) is 5. The maximum Gasteiger partial charge on any atom is 1.00 e. The SMILES string of the molecule is C.O=[P+](O)O.O=[P+](O)O.O=[P+](O)O.O=[P+]([O-])O.[K+]. The van der Waals surface area contributed by atoms with Gasteiger partial charge < -0.3 is 4.89 Å². The zero-order valence-electron chi connectivity index (χ0n) is 7.96. The predicted molar refractivity (Wildman–Crippen MR) is 52.7 cm³/mol. The molecule has 12 nitrogen and oxygen atoms in total. The smallest absolute Gasteiger partial charge is 0.567 e. The average Bonchev–Trinajstić information content (AvgIpc) is 1.76. The fourth-order valence-corrected chi connectivity index (χ4v) is 0. The van der Waals surface area contributed by atoms with E-state index in [4.69, 9.17) is 57.4 Å². The fraction of sp³-hybridized carbons (Fsp3) is 1.00. The summed E-state index contributed by atoms with van der Waals surface area (Å²) in [6, 6.07) is 0. The molecular weight excluding hydrogens is 367 g/mol. The summed E-state index contributed by atoms with van der Waals surface area (Å²) in [6.45, 7) is 0. The van der Waals surface area contributed by atoms with Crippen molar-refractivity contribution in [2.75, 3.05) is 0 Å². The van der Waals surface area contributed by atoms with Gasteiger partial charge in [-0.1, -0.05) is 7.43 Å². The topological polar surface area (TPSA) is 233 Å². The first-order valence-electron chi connectivity index (χ1n) is 2.31. The molecule has 0 saturated carbocycles. The van der Waals surface area contributed by atoms with Crippen LogP contribution in [0.2, 0.25) is 0 Å². The maximum absolute atomic E-state index is 8.70. The van der Waals surface area contributed by atoms with Gasteiger partial charge in [-0.2, -0.15) is 4.89 Å². The summed E-state index contributed by atoms with van der Waals surface area (Å²) >= 11 is 0. The molecule has 0 rings (SSSR count). The number of hydrogen-bond donors (Lipinski definition) is 7. The largest absolute Gasteiger partial charge is 1.00 e. The van der Waals surface area contributed by atoms with Crippen molar-refractivity contribution < 1.29 is 109 Å². The molecule has 0 heterocycles. The van der Waals surface area contributed by atoms with Crippen LogP contribution in [0, 0.1) is 0 Å². The van der Waals surface area contributed by atoms with Crippen molar-refractivity contribution in [1.82, 2.24) is 0 Å². The van der Waals surface area contributed by atoms with Crippen molar-refractivity contribution in [1.29, 1.82) is 0 Å². The normalized spacial score (nSPS) is 6.78. The molecular formula is CH11KO12P4+4. The van der Waals surface area contributed by atoms with Gasteiger partial charge in [0.2, 0.25) is 0 Å². The molecule has 0 aliphatic rings. The number of rotatable bonds is 0. The van der Waals surface area contributed by atoms with Crippen molar-refractivity contribution in [2.24, 2.45) is 0 Å². The monoisotopic (exact) mass is 378 g/mol. The Kier molecular flexibility index (Phi) is 63.7. The van der Waals surface area contributed by atoms with E-state index in [1.165, 1.54) is 0 Å². The van der Waals surface area contributed by atoms with Crippen LogP contribution in [0.15, 0.2) is 0 Å². The molecule has 104 valence electrons. The molecule has 0 aliphatic heterocycles. The molecule has 17 heteroatoms. The molecule has 0 spiro atoms. The van der Waals surface area contributed by atoms with Gasteiger partial charge in [0.05, 0.1) is 0 Å². The first-order valence-corrected chi connectivity index (χ1v) is 6.94. The summed E-state index contributed by atoms with van der Waals surface area (Å²) in [5.74, 6) is 0. The van der Waals surface area contributed by atoms with Gasteiger partial charge in [-0.3, -0.25) is 0 Å². The van der Waals surface area contributed by atoms with Gasteiger partial charge in [0.15, 0.2) is 0 Å². The Morgan fingerprint density at radius 1 is 0.611 bits per heavy atom. The van der Waals surface area contributed by atoms with E-state index in [-0.39, 0.29) is 58.8 Å². The second-order valence-corrected chi connectivity index (χ2v) is 2.99. The first-order chi connectivity index (χ1) is 6.93. The van der Waals surface area contributed by atoms with E-state index < -0.39 is 33.0 Å². The zero-order valence-corrected chi connectivity index (χ0v) is 14.7. The minimum Gasteiger partial charge on any atom is -0.567 e. The van der Waals surface area contributed by atoms with Gasteiger partial charge in [0.25, 0.3) is 0 Å². The van der Waals surface area contributed by atoms with Crippen molar-refractivity contribution in [3.05, 3.63) is 0 Å². The molecule has 7 N–H and O–H groups in total. The summed E-state index contributed by atoms with van der Waals surface area (Å²) in [7, 11) is -11.7. The maximum atomic E-state index is 8.70. The van der Waals surface area contributed by atoms with E-state index in [1.54, 1.807) is 0 Å². The molecule has 0 aromatic heterocycles. The van der Waals surface area contributed by atoms with E-state index in [0.29, 0.717) is 0 Å². The molecule has 0 bridgehead atoms. The Bertz CT molecular complexity index is 164. The molecule has 0 fully saturated rings. The van der Waals surface area contributed by atoms with E-state index in [2.05, 4.69) is 0 Å². The molecule has 18 heavy (non-hydrogen) atoms. The van der Waals surface area contributed by atoms with Crippen LogP contribution in [0.3, 0.4) is 0 Å². The van der Waals surface area contributed by atoms with Crippen molar-refractivity contribution in [3.63, 3.8) is 0 Å². The van der Waals surface area contributed by atoms with Crippen molar-refractivity contribution in [2.45, 2.75) is 7.43 Å². The zero-order chi connectivity index (χ0) is 14.3. The Morgan fingerprint density at radius 2 is 0.611 bits per heavy atom. The molecule has 1 atom stereocenters. The Balaban J connectivity index is -0.0000000257. The van der Waals surface area contributed by atoms with Crippen LogP contribution in [0.4, 0.5) is 0 Å². The van der Waals surface area contributed by atoms with Crippen LogP contribution in [-0.2, 0) is 18.3 Å². The van der Waals surface area contributed by atoms with E-state index in [9.17, 15) is 0 Å². The summed E-state index contributed by atoms with van der Waals surface area (Å²) < 4.78 is 34.7. The van der Waals surface area contributed by atoms with E-state index in [0.717, 1.165) is 0 Å². The quantitative estimate of drug-likeness (QED) is 0.156. The summed E-state index contributed by atoms with van der Waals surface area (Å²) in [6.07, 6.45) is 0. The molecule has 0 saturated heterocycles. The standard InChI is InChI=1S/CH4.K.4HO3P/c;;4*1-4(2)3/h1H4;;3*(H-,1,2,3);(H,1,2,3)/q;+1;;;;/p+3. The molecule has 1 unspecified atom stereocenters. The minimum atomic E-state index is -3.12. The van der Waals surface area contributed by atoms with Gasteiger partial charge in [0, 0.05) is 13.7 Å². The van der Waals surface area contributed by atoms with Crippen LogP contribution in [0.1, 0.15) is 7.43 Å². The molecule has 0 radical (unpaired) electrons. The third-order valence-corrected chi connectivity index (χ3v) is 0. The summed E-state index contributed by atoms with van der Waals surface area (Å²) in [4.78, 5) is 58.3. The van der Waals surface area contributed by atoms with E-state index in [1.807, 2.05) is 0 Å².